The number of aromatic nitrogens is 4. The summed E-state index contributed by atoms with van der Waals surface area (Å²) in [5, 5.41) is 12.3. The molecule has 8 heteroatoms. The van der Waals surface area contributed by atoms with Crippen LogP contribution in [0.5, 0.6) is 0 Å². The highest BCUT2D eigenvalue weighted by Gasteiger charge is 2.14. The predicted molar refractivity (Wildman–Crippen MR) is 85.1 cm³/mol. The lowest BCUT2D eigenvalue weighted by Crippen LogP contribution is -2.22. The van der Waals surface area contributed by atoms with Crippen LogP contribution in [0.1, 0.15) is 6.92 Å². The maximum absolute atomic E-state index is 12.3. The van der Waals surface area contributed by atoms with Crippen molar-refractivity contribution in [3.8, 4) is 0 Å². The Kier molecular flexibility index (Phi) is 3.84. The van der Waals surface area contributed by atoms with Gasteiger partial charge in [-0.05, 0) is 12.1 Å². The minimum atomic E-state index is -0.0923. The van der Waals surface area contributed by atoms with Crippen molar-refractivity contribution in [3.05, 3.63) is 34.6 Å². The van der Waals surface area contributed by atoms with Crippen LogP contribution in [0.3, 0.4) is 0 Å². The van der Waals surface area contributed by atoms with Gasteiger partial charge in [-0.25, -0.2) is 0 Å². The van der Waals surface area contributed by atoms with E-state index in [-0.39, 0.29) is 11.5 Å². The van der Waals surface area contributed by atoms with Gasteiger partial charge in [0.25, 0.3) is 5.56 Å². The van der Waals surface area contributed by atoms with Crippen LogP contribution in [0.25, 0.3) is 16.7 Å². The molecule has 0 aliphatic heterocycles. The van der Waals surface area contributed by atoms with Gasteiger partial charge in [0, 0.05) is 26.3 Å². The van der Waals surface area contributed by atoms with Gasteiger partial charge in [-0.2, -0.15) is 0 Å². The SMILES string of the molecule is CC(=O)NCCSc1nnc2n(C)c(=O)c3ccccc3n12. The van der Waals surface area contributed by atoms with Crippen molar-refractivity contribution in [1.82, 2.24) is 24.5 Å². The molecule has 7 nitrogen and oxygen atoms in total. The second kappa shape index (κ2) is 5.80. The lowest BCUT2D eigenvalue weighted by Gasteiger charge is -2.07. The number of para-hydroxylation sites is 1. The number of carbonyl (C=O) groups excluding carboxylic acids is 1. The lowest BCUT2D eigenvalue weighted by molar-refractivity contribution is -0.118. The Bertz CT molecular complexity index is 915. The normalized spacial score (nSPS) is 11.2. The maximum atomic E-state index is 12.3. The summed E-state index contributed by atoms with van der Waals surface area (Å²) in [7, 11) is 1.69. The smallest absolute Gasteiger partial charge is 0.262 e. The molecule has 0 saturated heterocycles. The summed E-state index contributed by atoms with van der Waals surface area (Å²) < 4.78 is 3.36. The summed E-state index contributed by atoms with van der Waals surface area (Å²) in [5.74, 6) is 1.13. The van der Waals surface area contributed by atoms with Gasteiger partial charge in [-0.15, -0.1) is 10.2 Å². The summed E-state index contributed by atoms with van der Waals surface area (Å²) in [5.41, 5.74) is 0.693. The van der Waals surface area contributed by atoms with Crippen LogP contribution in [0.15, 0.2) is 34.2 Å². The van der Waals surface area contributed by atoms with E-state index in [0.717, 1.165) is 5.52 Å². The van der Waals surface area contributed by atoms with Crippen molar-refractivity contribution in [2.45, 2.75) is 12.1 Å². The van der Waals surface area contributed by atoms with E-state index in [2.05, 4.69) is 15.5 Å². The molecule has 0 bridgehead atoms. The number of hydrogen-bond acceptors (Lipinski definition) is 5. The minimum absolute atomic E-state index is 0.0560. The summed E-state index contributed by atoms with van der Waals surface area (Å²) in [6.07, 6.45) is 0. The average molecular weight is 317 g/mol. The zero-order valence-corrected chi connectivity index (χ0v) is 13.1. The molecule has 0 atom stereocenters. The summed E-state index contributed by atoms with van der Waals surface area (Å²) in [4.78, 5) is 23.2. The monoisotopic (exact) mass is 317 g/mol. The first-order valence-corrected chi connectivity index (χ1v) is 7.78. The first-order valence-electron chi connectivity index (χ1n) is 6.79. The molecule has 3 aromatic rings. The first-order chi connectivity index (χ1) is 10.6. The second-order valence-electron chi connectivity index (χ2n) is 4.83. The molecular formula is C14H15N5O2S. The zero-order chi connectivity index (χ0) is 15.7. The Morgan fingerprint density at radius 3 is 2.86 bits per heavy atom. The molecule has 0 spiro atoms. The Morgan fingerprint density at radius 2 is 2.09 bits per heavy atom. The van der Waals surface area contributed by atoms with Crippen molar-refractivity contribution in [2.24, 2.45) is 7.05 Å². The molecule has 2 aromatic heterocycles. The predicted octanol–water partition coefficient (Wildman–Crippen LogP) is 0.809. The molecule has 0 aliphatic carbocycles. The van der Waals surface area contributed by atoms with Crippen LogP contribution >= 0.6 is 11.8 Å². The number of hydrogen-bond donors (Lipinski definition) is 1. The van der Waals surface area contributed by atoms with E-state index in [1.54, 1.807) is 13.1 Å². The molecule has 1 amide bonds. The summed E-state index contributed by atoms with van der Waals surface area (Å²) in [6, 6.07) is 7.39. The van der Waals surface area contributed by atoms with Crippen LogP contribution in [0, 0.1) is 0 Å². The number of carbonyl (C=O) groups is 1. The van der Waals surface area contributed by atoms with Crippen LogP contribution in [0.4, 0.5) is 0 Å². The molecule has 1 aromatic carbocycles. The minimum Gasteiger partial charge on any atom is -0.356 e. The van der Waals surface area contributed by atoms with Crippen molar-refractivity contribution >= 4 is 34.3 Å². The fourth-order valence-electron chi connectivity index (χ4n) is 2.27. The molecule has 0 fully saturated rings. The number of benzene rings is 1. The number of amides is 1. The number of aryl methyl sites for hydroxylation is 1. The molecule has 0 unspecified atom stereocenters. The fourth-order valence-corrected chi connectivity index (χ4v) is 3.07. The third-order valence-electron chi connectivity index (χ3n) is 3.30. The molecule has 3 rings (SSSR count). The highest BCUT2D eigenvalue weighted by atomic mass is 32.2. The Balaban J connectivity index is 2.06. The molecule has 2 heterocycles. The highest BCUT2D eigenvalue weighted by Crippen LogP contribution is 2.20. The molecule has 114 valence electrons. The topological polar surface area (TPSA) is 81.3 Å². The third kappa shape index (κ3) is 2.45. The Morgan fingerprint density at radius 1 is 1.32 bits per heavy atom. The molecule has 0 aliphatic rings. The summed E-state index contributed by atoms with van der Waals surface area (Å²) >= 11 is 1.49. The quantitative estimate of drug-likeness (QED) is 0.569. The molecule has 1 N–H and O–H groups in total. The largest absolute Gasteiger partial charge is 0.356 e. The van der Waals surface area contributed by atoms with Crippen LogP contribution in [0.2, 0.25) is 0 Å². The number of thioether (sulfide) groups is 1. The number of fused-ring (bicyclic) bond motifs is 3. The Hall–Kier alpha value is -2.35. The highest BCUT2D eigenvalue weighted by molar-refractivity contribution is 7.99. The van der Waals surface area contributed by atoms with Gasteiger partial charge < -0.3 is 5.32 Å². The van der Waals surface area contributed by atoms with E-state index < -0.39 is 0 Å². The van der Waals surface area contributed by atoms with E-state index >= 15 is 0 Å². The van der Waals surface area contributed by atoms with E-state index in [0.29, 0.717) is 28.6 Å². The van der Waals surface area contributed by atoms with Crippen molar-refractivity contribution in [3.63, 3.8) is 0 Å². The molecule has 0 saturated carbocycles. The summed E-state index contributed by atoms with van der Waals surface area (Å²) in [6.45, 7) is 2.04. The zero-order valence-electron chi connectivity index (χ0n) is 12.2. The van der Waals surface area contributed by atoms with Gasteiger partial charge in [0.05, 0.1) is 10.9 Å². The lowest BCUT2D eigenvalue weighted by atomic mass is 10.2. The third-order valence-corrected chi connectivity index (χ3v) is 4.23. The van der Waals surface area contributed by atoms with Gasteiger partial charge in [-0.1, -0.05) is 23.9 Å². The average Bonchev–Trinajstić information content (AvgIpc) is 2.93. The second-order valence-corrected chi connectivity index (χ2v) is 5.89. The van der Waals surface area contributed by atoms with Gasteiger partial charge in [0.1, 0.15) is 0 Å². The number of rotatable bonds is 4. The van der Waals surface area contributed by atoms with Gasteiger partial charge in [-0.3, -0.25) is 18.6 Å². The molecule has 22 heavy (non-hydrogen) atoms. The van der Waals surface area contributed by atoms with Crippen molar-refractivity contribution < 1.29 is 4.79 Å². The molecule has 0 radical (unpaired) electrons. The van der Waals surface area contributed by atoms with Crippen molar-refractivity contribution in [1.29, 1.82) is 0 Å². The van der Waals surface area contributed by atoms with Crippen LogP contribution < -0.4 is 10.9 Å². The maximum Gasteiger partial charge on any atom is 0.262 e. The number of nitrogens with one attached hydrogen (secondary N) is 1. The van der Waals surface area contributed by atoms with Gasteiger partial charge >= 0.3 is 0 Å². The van der Waals surface area contributed by atoms with E-state index in [1.807, 2.05) is 22.6 Å². The standard InChI is InChI=1S/C14H15N5O2S/c1-9(20)15-7-8-22-14-17-16-13-18(2)12(21)10-5-3-4-6-11(10)19(13)14/h3-6H,7-8H2,1-2H3,(H,15,20). The van der Waals surface area contributed by atoms with Gasteiger partial charge in [0.2, 0.25) is 11.7 Å². The molecular weight excluding hydrogens is 302 g/mol. The van der Waals surface area contributed by atoms with Crippen molar-refractivity contribution in [2.75, 3.05) is 12.3 Å². The first kappa shape index (κ1) is 14.6. The van der Waals surface area contributed by atoms with E-state index in [4.69, 9.17) is 0 Å². The number of nitrogens with zero attached hydrogens (tertiary/aromatic N) is 4. The van der Waals surface area contributed by atoms with Crippen LogP contribution in [-0.4, -0.2) is 37.4 Å². The van der Waals surface area contributed by atoms with Gasteiger partial charge in [0.15, 0.2) is 5.16 Å². The van der Waals surface area contributed by atoms with E-state index in [1.165, 1.54) is 23.3 Å². The Labute approximate surface area is 130 Å². The van der Waals surface area contributed by atoms with Crippen LogP contribution in [-0.2, 0) is 11.8 Å². The fraction of sp³-hybridized carbons (Fsp3) is 0.286. The van der Waals surface area contributed by atoms with E-state index in [9.17, 15) is 9.59 Å².